The minimum atomic E-state index is -1.10. The molecule has 0 aromatic heterocycles. The molecule has 1 fully saturated rings. The largest absolute Gasteiger partial charge is 0.382 e. The quantitative estimate of drug-likeness (QED) is 0.792. The summed E-state index contributed by atoms with van der Waals surface area (Å²) in [4.78, 5) is 12.1. The number of ketones is 1. The third-order valence-electron chi connectivity index (χ3n) is 3.14. The molecule has 1 N–H and O–H groups in total. The van der Waals surface area contributed by atoms with Gasteiger partial charge in [-0.05, 0) is 12.8 Å². The second kappa shape index (κ2) is 9.74. The lowest BCUT2D eigenvalue weighted by Gasteiger charge is -2.30. The number of Topliss-reactive ketones (excluding diaryl/α,β-unsaturated/α-hetero) is 1. The molecule has 1 aliphatic rings. The Balaban J connectivity index is 0.000000741. The smallest absolute Gasteiger partial charge is 0.194 e. The van der Waals surface area contributed by atoms with Crippen molar-refractivity contribution in [3.05, 3.63) is 35.9 Å². The second-order valence-corrected chi connectivity index (χ2v) is 4.29. The van der Waals surface area contributed by atoms with Crippen LogP contribution >= 0.6 is 0 Å². The fraction of sp³-hybridized carbons (Fsp3) is 0.588. The SMILES string of the molecule is CC.CC.O=C(c1ccccc1)C1(O)CCCCC1. The first-order valence-electron chi connectivity index (χ1n) is 7.55. The molecule has 0 heterocycles. The highest BCUT2D eigenvalue weighted by Gasteiger charge is 2.37. The summed E-state index contributed by atoms with van der Waals surface area (Å²) in [5, 5.41) is 10.2. The van der Waals surface area contributed by atoms with Crippen LogP contribution in [0.25, 0.3) is 0 Å². The Morgan fingerprint density at radius 1 is 0.947 bits per heavy atom. The highest BCUT2D eigenvalue weighted by Crippen LogP contribution is 2.30. The van der Waals surface area contributed by atoms with Crippen LogP contribution in [0.15, 0.2) is 30.3 Å². The summed E-state index contributed by atoms with van der Waals surface area (Å²) in [6, 6.07) is 9.09. The third kappa shape index (κ3) is 5.15. The fourth-order valence-electron chi connectivity index (χ4n) is 2.22. The highest BCUT2D eigenvalue weighted by atomic mass is 16.3. The maximum absolute atomic E-state index is 12.1. The first-order valence-corrected chi connectivity index (χ1v) is 7.55. The van der Waals surface area contributed by atoms with Gasteiger partial charge in [0.25, 0.3) is 0 Å². The number of aliphatic hydroxyl groups is 1. The summed E-state index contributed by atoms with van der Waals surface area (Å²) in [6.45, 7) is 8.00. The predicted molar refractivity (Wildman–Crippen MR) is 81.5 cm³/mol. The molecule has 2 heteroatoms. The van der Waals surface area contributed by atoms with Crippen LogP contribution in [0.2, 0.25) is 0 Å². The summed E-state index contributed by atoms with van der Waals surface area (Å²) in [5.74, 6) is -0.109. The Labute approximate surface area is 117 Å². The van der Waals surface area contributed by atoms with Crippen molar-refractivity contribution in [1.29, 1.82) is 0 Å². The number of hydrogen-bond acceptors (Lipinski definition) is 2. The molecular formula is C17H28O2. The lowest BCUT2D eigenvalue weighted by Crippen LogP contribution is -2.40. The Morgan fingerprint density at radius 2 is 1.42 bits per heavy atom. The Hall–Kier alpha value is -1.15. The lowest BCUT2D eigenvalue weighted by molar-refractivity contribution is 0.0116. The molecule has 1 aliphatic carbocycles. The Morgan fingerprint density at radius 3 is 1.89 bits per heavy atom. The monoisotopic (exact) mass is 264 g/mol. The van der Waals surface area contributed by atoms with Gasteiger partial charge in [-0.25, -0.2) is 0 Å². The van der Waals surface area contributed by atoms with Crippen LogP contribution in [0.1, 0.15) is 70.2 Å². The van der Waals surface area contributed by atoms with Crippen LogP contribution in [0, 0.1) is 0 Å². The van der Waals surface area contributed by atoms with Crippen LogP contribution in [-0.2, 0) is 0 Å². The van der Waals surface area contributed by atoms with Gasteiger partial charge in [-0.3, -0.25) is 4.79 Å². The van der Waals surface area contributed by atoms with Gasteiger partial charge in [0.15, 0.2) is 5.78 Å². The fourth-order valence-corrected chi connectivity index (χ4v) is 2.22. The molecule has 108 valence electrons. The highest BCUT2D eigenvalue weighted by molar-refractivity contribution is 6.02. The van der Waals surface area contributed by atoms with Gasteiger partial charge in [0.1, 0.15) is 5.60 Å². The van der Waals surface area contributed by atoms with Crippen molar-refractivity contribution in [3.63, 3.8) is 0 Å². The van der Waals surface area contributed by atoms with Crippen molar-refractivity contribution >= 4 is 5.78 Å². The predicted octanol–water partition coefficient (Wildman–Crippen LogP) is 4.62. The van der Waals surface area contributed by atoms with E-state index >= 15 is 0 Å². The van der Waals surface area contributed by atoms with Gasteiger partial charge in [-0.2, -0.15) is 0 Å². The number of carbonyl (C=O) groups excluding carboxylic acids is 1. The third-order valence-corrected chi connectivity index (χ3v) is 3.14. The molecule has 0 radical (unpaired) electrons. The van der Waals surface area contributed by atoms with Crippen molar-refractivity contribution in [1.82, 2.24) is 0 Å². The zero-order valence-corrected chi connectivity index (χ0v) is 12.8. The van der Waals surface area contributed by atoms with E-state index in [1.807, 2.05) is 45.9 Å². The standard InChI is InChI=1S/C13H16O2.2C2H6/c14-12(11-7-3-1-4-8-11)13(15)9-5-2-6-10-13;2*1-2/h1,3-4,7-8,15H,2,5-6,9-10H2;2*1-2H3. The molecule has 2 rings (SSSR count). The van der Waals surface area contributed by atoms with Crippen LogP contribution in [0.5, 0.6) is 0 Å². The molecule has 0 amide bonds. The van der Waals surface area contributed by atoms with Gasteiger partial charge in [0.2, 0.25) is 0 Å². The zero-order chi connectivity index (χ0) is 14.7. The maximum atomic E-state index is 12.1. The number of benzene rings is 1. The first-order chi connectivity index (χ1) is 9.22. The molecule has 0 spiro atoms. The van der Waals surface area contributed by atoms with E-state index in [4.69, 9.17) is 0 Å². The van der Waals surface area contributed by atoms with Gasteiger partial charge in [-0.1, -0.05) is 77.3 Å². The minimum absolute atomic E-state index is 0.109. The first kappa shape index (κ1) is 17.8. The molecule has 19 heavy (non-hydrogen) atoms. The van der Waals surface area contributed by atoms with E-state index in [1.54, 1.807) is 12.1 Å². The van der Waals surface area contributed by atoms with Crippen molar-refractivity contribution < 1.29 is 9.90 Å². The van der Waals surface area contributed by atoms with Crippen molar-refractivity contribution in [2.45, 2.75) is 65.4 Å². The Kier molecular flexibility index (Phi) is 9.15. The normalized spacial score (nSPS) is 16.3. The van der Waals surface area contributed by atoms with E-state index in [1.165, 1.54) is 0 Å². The average Bonchev–Trinajstić information content (AvgIpc) is 2.52. The van der Waals surface area contributed by atoms with Gasteiger partial charge >= 0.3 is 0 Å². The molecule has 1 aromatic rings. The van der Waals surface area contributed by atoms with E-state index in [2.05, 4.69) is 0 Å². The number of carbonyl (C=O) groups is 1. The topological polar surface area (TPSA) is 37.3 Å². The molecule has 0 atom stereocenters. The van der Waals surface area contributed by atoms with Gasteiger partial charge in [0.05, 0.1) is 0 Å². The summed E-state index contributed by atoms with van der Waals surface area (Å²) in [5.41, 5.74) is -0.471. The summed E-state index contributed by atoms with van der Waals surface area (Å²) < 4.78 is 0. The van der Waals surface area contributed by atoms with Crippen molar-refractivity contribution in [2.24, 2.45) is 0 Å². The number of hydrogen-bond donors (Lipinski definition) is 1. The summed E-state index contributed by atoms with van der Waals surface area (Å²) in [6.07, 6.45) is 4.26. The molecule has 1 aromatic carbocycles. The Bertz CT molecular complexity index is 338. The van der Waals surface area contributed by atoms with Crippen LogP contribution in [0.3, 0.4) is 0 Å². The minimum Gasteiger partial charge on any atom is -0.382 e. The second-order valence-electron chi connectivity index (χ2n) is 4.29. The molecular weight excluding hydrogens is 236 g/mol. The molecule has 1 saturated carbocycles. The summed E-state index contributed by atoms with van der Waals surface area (Å²) in [7, 11) is 0. The van der Waals surface area contributed by atoms with Gasteiger partial charge in [0, 0.05) is 5.56 Å². The van der Waals surface area contributed by atoms with Crippen LogP contribution in [0.4, 0.5) is 0 Å². The maximum Gasteiger partial charge on any atom is 0.194 e. The zero-order valence-electron chi connectivity index (χ0n) is 12.8. The van der Waals surface area contributed by atoms with Gasteiger partial charge in [-0.15, -0.1) is 0 Å². The van der Waals surface area contributed by atoms with E-state index < -0.39 is 5.60 Å². The molecule has 0 saturated heterocycles. The van der Waals surface area contributed by atoms with E-state index in [9.17, 15) is 9.90 Å². The van der Waals surface area contributed by atoms with E-state index in [-0.39, 0.29) is 5.78 Å². The van der Waals surface area contributed by atoms with Crippen LogP contribution in [-0.4, -0.2) is 16.5 Å². The number of rotatable bonds is 2. The van der Waals surface area contributed by atoms with Crippen LogP contribution < -0.4 is 0 Å². The van der Waals surface area contributed by atoms with E-state index in [0.717, 1.165) is 19.3 Å². The molecule has 0 bridgehead atoms. The molecule has 2 nitrogen and oxygen atoms in total. The van der Waals surface area contributed by atoms with E-state index in [0.29, 0.717) is 18.4 Å². The molecule has 0 aliphatic heterocycles. The van der Waals surface area contributed by atoms with Crippen molar-refractivity contribution in [2.75, 3.05) is 0 Å². The van der Waals surface area contributed by atoms with Crippen molar-refractivity contribution in [3.8, 4) is 0 Å². The average molecular weight is 264 g/mol. The lowest BCUT2D eigenvalue weighted by atomic mass is 9.79. The summed E-state index contributed by atoms with van der Waals surface area (Å²) >= 11 is 0. The van der Waals surface area contributed by atoms with Gasteiger partial charge < -0.3 is 5.11 Å². The molecule has 0 unspecified atom stereocenters.